The van der Waals surface area contributed by atoms with Crippen LogP contribution in [0, 0.1) is 12.1 Å². The van der Waals surface area contributed by atoms with Gasteiger partial charge in [-0.05, 0) is 16.9 Å². The van der Waals surface area contributed by atoms with Crippen LogP contribution in [-0.2, 0) is 0 Å². The lowest BCUT2D eigenvalue weighted by atomic mass is 10.3. The molecule has 2 rings (SSSR count). The fourth-order valence-corrected chi connectivity index (χ4v) is 1.25. The van der Waals surface area contributed by atoms with Crippen molar-refractivity contribution in [1.29, 1.82) is 0 Å². The molecule has 62 valence electrons. The van der Waals surface area contributed by atoms with Gasteiger partial charge in [-0.2, -0.15) is 0 Å². The Morgan fingerprint density at radius 3 is 2.75 bits per heavy atom. The molecule has 0 fully saturated rings. The molecule has 1 aromatic heterocycles. The van der Waals surface area contributed by atoms with Crippen molar-refractivity contribution in [2.75, 3.05) is 0 Å². The van der Waals surface area contributed by atoms with E-state index in [1.165, 1.54) is 0 Å². The van der Waals surface area contributed by atoms with Gasteiger partial charge in [0, 0.05) is 6.92 Å². The van der Waals surface area contributed by atoms with E-state index in [-0.39, 0.29) is 5.82 Å². The molecule has 0 aliphatic carbocycles. The normalized spacial score (nSPS) is 10.8. The molecule has 0 aliphatic rings. The fourth-order valence-electron chi connectivity index (χ4n) is 1.25. The Kier molecular flexibility index (Phi) is 1.24. The second-order valence-corrected chi connectivity index (χ2v) is 2.64. The third-order valence-electron chi connectivity index (χ3n) is 1.93. The zero-order valence-electron chi connectivity index (χ0n) is 6.56. The molecule has 1 heterocycles. The van der Waals surface area contributed by atoms with E-state index < -0.39 is 0 Å². The van der Waals surface area contributed by atoms with E-state index in [2.05, 4.69) is 0 Å². The molecule has 2 aromatic rings. The Morgan fingerprint density at radius 1 is 1.42 bits per heavy atom. The Balaban J connectivity index is 2.99. The largest absolute Gasteiger partial charge is 0.710 e. The SMILES string of the molecule is Cc1n(O)c2ccccc2[n+]1[O-]. The molecular formula is C8H8N2O2. The van der Waals surface area contributed by atoms with Crippen molar-refractivity contribution in [1.82, 2.24) is 4.73 Å². The highest BCUT2D eigenvalue weighted by Gasteiger charge is 2.15. The highest BCUT2D eigenvalue weighted by atomic mass is 16.5. The van der Waals surface area contributed by atoms with Gasteiger partial charge in [0.05, 0.1) is 0 Å². The van der Waals surface area contributed by atoms with Crippen molar-refractivity contribution in [3.63, 3.8) is 0 Å². The molecule has 1 aromatic carbocycles. The highest BCUT2D eigenvalue weighted by molar-refractivity contribution is 5.71. The lowest BCUT2D eigenvalue weighted by Crippen LogP contribution is -2.28. The molecule has 0 saturated carbocycles. The Morgan fingerprint density at radius 2 is 2.08 bits per heavy atom. The van der Waals surface area contributed by atoms with Crippen LogP contribution >= 0.6 is 0 Å². The lowest BCUT2D eigenvalue weighted by Gasteiger charge is -1.96. The van der Waals surface area contributed by atoms with Gasteiger partial charge in [-0.3, -0.25) is 0 Å². The molecule has 0 aliphatic heterocycles. The molecule has 1 N–H and O–H groups in total. The van der Waals surface area contributed by atoms with Gasteiger partial charge in [-0.25, -0.2) is 4.73 Å². The summed E-state index contributed by atoms with van der Waals surface area (Å²) in [6, 6.07) is 6.89. The topological polar surface area (TPSA) is 52.1 Å². The van der Waals surface area contributed by atoms with Crippen LogP contribution in [0.3, 0.4) is 0 Å². The maximum atomic E-state index is 11.3. The number of benzene rings is 1. The number of nitrogens with zero attached hydrogens (tertiary/aromatic N) is 2. The molecular weight excluding hydrogens is 156 g/mol. The van der Waals surface area contributed by atoms with Crippen LogP contribution < -0.4 is 4.73 Å². The minimum Gasteiger partial charge on any atom is -0.710 e. The molecule has 0 amide bonds. The first-order valence-electron chi connectivity index (χ1n) is 3.60. The zero-order valence-corrected chi connectivity index (χ0v) is 6.56. The summed E-state index contributed by atoms with van der Waals surface area (Å²) in [4.78, 5) is 0. The van der Waals surface area contributed by atoms with Crippen LogP contribution in [0.5, 0.6) is 0 Å². The average molecular weight is 164 g/mol. The van der Waals surface area contributed by atoms with Gasteiger partial charge < -0.3 is 10.4 Å². The second-order valence-electron chi connectivity index (χ2n) is 2.64. The Hall–Kier alpha value is -1.71. The van der Waals surface area contributed by atoms with Crippen molar-refractivity contribution < 1.29 is 9.94 Å². The van der Waals surface area contributed by atoms with E-state index in [4.69, 9.17) is 0 Å². The molecule has 0 bridgehead atoms. The van der Waals surface area contributed by atoms with E-state index in [9.17, 15) is 10.4 Å². The van der Waals surface area contributed by atoms with Crippen LogP contribution in [0.15, 0.2) is 24.3 Å². The van der Waals surface area contributed by atoms with E-state index >= 15 is 0 Å². The van der Waals surface area contributed by atoms with Gasteiger partial charge in [-0.1, -0.05) is 12.1 Å². The summed E-state index contributed by atoms with van der Waals surface area (Å²) in [5.41, 5.74) is 1.02. The first kappa shape index (κ1) is 6.97. The first-order valence-corrected chi connectivity index (χ1v) is 3.60. The van der Waals surface area contributed by atoms with E-state index in [1.54, 1.807) is 31.2 Å². The van der Waals surface area contributed by atoms with Gasteiger partial charge in [0.15, 0.2) is 5.52 Å². The number of hydrogen-bond donors (Lipinski definition) is 1. The minimum absolute atomic E-state index is 0.274. The smallest absolute Gasteiger partial charge is 0.297 e. The number of rotatable bonds is 0. The number of fused-ring (bicyclic) bond motifs is 1. The summed E-state index contributed by atoms with van der Waals surface area (Å²) in [7, 11) is 0. The summed E-state index contributed by atoms with van der Waals surface area (Å²) in [6.45, 7) is 1.56. The maximum absolute atomic E-state index is 11.3. The molecule has 0 atom stereocenters. The summed E-state index contributed by atoms with van der Waals surface area (Å²) in [6.07, 6.45) is 0. The van der Waals surface area contributed by atoms with Crippen molar-refractivity contribution in [2.45, 2.75) is 6.92 Å². The van der Waals surface area contributed by atoms with Crippen LogP contribution in [0.4, 0.5) is 0 Å². The molecule has 0 unspecified atom stereocenters. The molecule has 0 saturated heterocycles. The average Bonchev–Trinajstić information content (AvgIpc) is 2.33. The number of para-hydroxylation sites is 2. The van der Waals surface area contributed by atoms with Gasteiger partial charge in [0.2, 0.25) is 5.52 Å². The summed E-state index contributed by atoms with van der Waals surface area (Å²) in [5.74, 6) is 0.274. The van der Waals surface area contributed by atoms with Crippen LogP contribution in [0.25, 0.3) is 11.0 Å². The first-order chi connectivity index (χ1) is 5.72. The van der Waals surface area contributed by atoms with E-state index in [0.29, 0.717) is 15.8 Å². The number of aromatic nitrogens is 2. The maximum Gasteiger partial charge on any atom is 0.297 e. The Labute approximate surface area is 68.8 Å². The number of imidazole rings is 1. The van der Waals surface area contributed by atoms with Crippen molar-refractivity contribution in [2.24, 2.45) is 0 Å². The summed E-state index contributed by atoms with van der Waals surface area (Å²) >= 11 is 0. The van der Waals surface area contributed by atoms with E-state index in [1.807, 2.05) is 0 Å². The molecule has 4 heteroatoms. The third kappa shape index (κ3) is 0.689. The molecule has 0 spiro atoms. The van der Waals surface area contributed by atoms with Gasteiger partial charge >= 0.3 is 0 Å². The Bertz CT molecular complexity index is 395. The van der Waals surface area contributed by atoms with Gasteiger partial charge in [-0.15, -0.1) is 0 Å². The van der Waals surface area contributed by atoms with Crippen LogP contribution in [0.2, 0.25) is 0 Å². The van der Waals surface area contributed by atoms with Crippen molar-refractivity contribution in [3.05, 3.63) is 35.3 Å². The molecule has 0 radical (unpaired) electrons. The van der Waals surface area contributed by atoms with Crippen LogP contribution in [0.1, 0.15) is 5.82 Å². The summed E-state index contributed by atoms with van der Waals surface area (Å²) < 4.78 is 1.59. The van der Waals surface area contributed by atoms with Crippen molar-refractivity contribution in [3.8, 4) is 0 Å². The van der Waals surface area contributed by atoms with E-state index in [0.717, 1.165) is 4.73 Å². The predicted octanol–water partition coefficient (Wildman–Crippen LogP) is 0.820. The predicted molar refractivity (Wildman–Crippen MR) is 42.8 cm³/mol. The monoisotopic (exact) mass is 164 g/mol. The number of hydrogen-bond acceptors (Lipinski definition) is 2. The quantitative estimate of drug-likeness (QED) is 0.356. The standard InChI is InChI=1S/C8H8N2O2/c1-6-9(11)7-4-2-3-5-8(7)10(6)12/h2-5,11H,1H3. The zero-order chi connectivity index (χ0) is 8.72. The highest BCUT2D eigenvalue weighted by Crippen LogP contribution is 2.10. The van der Waals surface area contributed by atoms with Crippen molar-refractivity contribution >= 4 is 11.0 Å². The van der Waals surface area contributed by atoms with Crippen LogP contribution in [-0.4, -0.2) is 9.94 Å². The molecule has 12 heavy (non-hydrogen) atoms. The summed E-state index contributed by atoms with van der Waals surface area (Å²) in [5, 5.41) is 20.7. The fraction of sp³-hybridized carbons (Fsp3) is 0.125. The minimum atomic E-state index is 0.274. The van der Waals surface area contributed by atoms with Gasteiger partial charge in [0.1, 0.15) is 0 Å². The molecule has 4 nitrogen and oxygen atoms in total. The van der Waals surface area contributed by atoms with Gasteiger partial charge in [0.25, 0.3) is 5.82 Å². The second kappa shape index (κ2) is 2.14. The lowest BCUT2D eigenvalue weighted by molar-refractivity contribution is -0.587. The third-order valence-corrected chi connectivity index (χ3v) is 1.93.